The summed E-state index contributed by atoms with van der Waals surface area (Å²) in [7, 11) is 0. The molecule has 9 heteroatoms. The standard InChI is InChI=1S/C13H6F5NO3/c14-9-5-7(6-10(12(9)15)19(20)21)8-3-1-2-4-11(8)22-13(16,17)18/h1-6H. The zero-order valence-electron chi connectivity index (χ0n) is 10.5. The smallest absolute Gasteiger partial charge is 0.405 e. The summed E-state index contributed by atoms with van der Waals surface area (Å²) in [6.07, 6.45) is -5.00. The van der Waals surface area contributed by atoms with E-state index in [4.69, 9.17) is 0 Å². The zero-order valence-corrected chi connectivity index (χ0v) is 10.5. The van der Waals surface area contributed by atoms with Crippen LogP contribution in [-0.4, -0.2) is 11.3 Å². The Balaban J connectivity index is 2.60. The van der Waals surface area contributed by atoms with Crippen LogP contribution in [0, 0.1) is 21.7 Å². The maximum atomic E-state index is 13.4. The van der Waals surface area contributed by atoms with E-state index in [1.165, 1.54) is 12.1 Å². The van der Waals surface area contributed by atoms with E-state index in [0.717, 1.165) is 12.1 Å². The van der Waals surface area contributed by atoms with Crippen LogP contribution >= 0.6 is 0 Å². The van der Waals surface area contributed by atoms with Crippen molar-refractivity contribution in [3.8, 4) is 16.9 Å². The second-order valence-electron chi connectivity index (χ2n) is 4.09. The van der Waals surface area contributed by atoms with Gasteiger partial charge in [-0.2, -0.15) is 4.39 Å². The normalized spacial score (nSPS) is 11.3. The Morgan fingerprint density at radius 1 is 1.09 bits per heavy atom. The minimum absolute atomic E-state index is 0.262. The predicted molar refractivity (Wildman–Crippen MR) is 65.1 cm³/mol. The fourth-order valence-electron chi connectivity index (χ4n) is 1.78. The number of alkyl halides is 3. The van der Waals surface area contributed by atoms with Gasteiger partial charge in [0.25, 0.3) is 0 Å². The van der Waals surface area contributed by atoms with Gasteiger partial charge in [0, 0.05) is 11.6 Å². The number of nitrogens with zero attached hydrogens (tertiary/aromatic N) is 1. The molecule has 0 bridgehead atoms. The van der Waals surface area contributed by atoms with Gasteiger partial charge in [0.1, 0.15) is 5.75 Å². The lowest BCUT2D eigenvalue weighted by Crippen LogP contribution is -2.17. The van der Waals surface area contributed by atoms with E-state index in [0.29, 0.717) is 12.1 Å². The van der Waals surface area contributed by atoms with E-state index in [2.05, 4.69) is 4.74 Å². The first-order valence-electron chi connectivity index (χ1n) is 5.67. The summed E-state index contributed by atoms with van der Waals surface area (Å²) in [5.41, 5.74) is -1.76. The lowest BCUT2D eigenvalue weighted by Gasteiger charge is -2.13. The highest BCUT2D eigenvalue weighted by Crippen LogP contribution is 2.36. The Morgan fingerprint density at radius 2 is 1.73 bits per heavy atom. The van der Waals surface area contributed by atoms with E-state index in [9.17, 15) is 32.1 Å². The molecular formula is C13H6F5NO3. The van der Waals surface area contributed by atoms with Crippen LogP contribution in [0.4, 0.5) is 27.6 Å². The van der Waals surface area contributed by atoms with E-state index < -0.39 is 34.4 Å². The Kier molecular flexibility index (Phi) is 3.98. The molecule has 0 saturated carbocycles. The first-order valence-corrected chi connectivity index (χ1v) is 5.67. The molecule has 4 nitrogen and oxygen atoms in total. The van der Waals surface area contributed by atoms with Crippen LogP contribution < -0.4 is 4.74 Å². The fourth-order valence-corrected chi connectivity index (χ4v) is 1.78. The molecule has 0 amide bonds. The molecule has 0 aromatic heterocycles. The summed E-state index contributed by atoms with van der Waals surface area (Å²) in [6, 6.07) is 5.84. The van der Waals surface area contributed by atoms with Crippen molar-refractivity contribution in [3.05, 3.63) is 58.1 Å². The second-order valence-corrected chi connectivity index (χ2v) is 4.09. The van der Waals surface area contributed by atoms with Crippen molar-refractivity contribution in [1.29, 1.82) is 0 Å². The van der Waals surface area contributed by atoms with Crippen LogP contribution in [-0.2, 0) is 0 Å². The molecule has 0 unspecified atom stereocenters. The van der Waals surface area contributed by atoms with Crippen LogP contribution in [0.5, 0.6) is 5.75 Å². The SMILES string of the molecule is O=[N+]([O-])c1cc(-c2ccccc2OC(F)(F)F)cc(F)c1F. The van der Waals surface area contributed by atoms with E-state index in [-0.39, 0.29) is 11.1 Å². The van der Waals surface area contributed by atoms with Crippen LogP contribution in [0.15, 0.2) is 36.4 Å². The first-order chi connectivity index (χ1) is 10.2. The summed E-state index contributed by atoms with van der Waals surface area (Å²) in [4.78, 5) is 9.49. The van der Waals surface area contributed by atoms with Crippen molar-refractivity contribution in [2.75, 3.05) is 0 Å². The summed E-state index contributed by atoms with van der Waals surface area (Å²) < 4.78 is 67.4. The minimum Gasteiger partial charge on any atom is -0.405 e. The van der Waals surface area contributed by atoms with E-state index in [1.807, 2.05) is 0 Å². The van der Waals surface area contributed by atoms with Gasteiger partial charge in [-0.15, -0.1) is 13.2 Å². The average molecular weight is 319 g/mol. The highest BCUT2D eigenvalue weighted by atomic mass is 19.4. The molecule has 116 valence electrons. The zero-order chi connectivity index (χ0) is 16.5. The highest BCUT2D eigenvalue weighted by Gasteiger charge is 2.32. The van der Waals surface area contributed by atoms with Gasteiger partial charge in [-0.3, -0.25) is 10.1 Å². The number of para-hydroxylation sites is 1. The maximum absolute atomic E-state index is 13.4. The minimum atomic E-state index is -5.00. The number of halogens is 5. The van der Waals surface area contributed by atoms with Gasteiger partial charge in [-0.05, 0) is 17.7 Å². The lowest BCUT2D eigenvalue weighted by atomic mass is 10.0. The maximum Gasteiger partial charge on any atom is 0.573 e. The summed E-state index contributed by atoms with van der Waals surface area (Å²) in [6.45, 7) is 0. The number of rotatable bonds is 3. The van der Waals surface area contributed by atoms with Crippen LogP contribution in [0.1, 0.15) is 0 Å². The summed E-state index contributed by atoms with van der Waals surface area (Å²) in [5, 5.41) is 10.7. The molecule has 0 fully saturated rings. The monoisotopic (exact) mass is 319 g/mol. The molecule has 0 aliphatic heterocycles. The van der Waals surface area contributed by atoms with E-state index in [1.54, 1.807) is 0 Å². The number of hydrogen-bond acceptors (Lipinski definition) is 3. The number of nitro benzene ring substituents is 1. The second kappa shape index (κ2) is 5.58. The molecular weight excluding hydrogens is 313 g/mol. The van der Waals surface area contributed by atoms with Gasteiger partial charge in [0.2, 0.25) is 5.82 Å². The average Bonchev–Trinajstić information content (AvgIpc) is 2.40. The van der Waals surface area contributed by atoms with Crippen molar-refractivity contribution in [2.24, 2.45) is 0 Å². The number of hydrogen-bond donors (Lipinski definition) is 0. The van der Waals surface area contributed by atoms with Crippen molar-refractivity contribution >= 4 is 5.69 Å². The first kappa shape index (κ1) is 15.7. The molecule has 0 saturated heterocycles. The van der Waals surface area contributed by atoms with Crippen molar-refractivity contribution < 1.29 is 31.6 Å². The third kappa shape index (κ3) is 3.30. The Labute approximate surface area is 119 Å². The number of nitro groups is 1. The summed E-state index contributed by atoms with van der Waals surface area (Å²) >= 11 is 0. The van der Waals surface area contributed by atoms with Crippen molar-refractivity contribution in [2.45, 2.75) is 6.36 Å². The largest absolute Gasteiger partial charge is 0.573 e. The van der Waals surface area contributed by atoms with Crippen LogP contribution in [0.2, 0.25) is 0 Å². The van der Waals surface area contributed by atoms with E-state index >= 15 is 0 Å². The lowest BCUT2D eigenvalue weighted by molar-refractivity contribution is -0.387. The molecule has 22 heavy (non-hydrogen) atoms. The molecule has 2 aromatic carbocycles. The third-order valence-corrected chi connectivity index (χ3v) is 2.63. The molecule has 0 aliphatic rings. The molecule has 0 atom stereocenters. The Bertz CT molecular complexity index is 730. The molecule has 2 aromatic rings. The van der Waals surface area contributed by atoms with Crippen LogP contribution in [0.3, 0.4) is 0 Å². The molecule has 0 spiro atoms. The third-order valence-electron chi connectivity index (χ3n) is 2.63. The van der Waals surface area contributed by atoms with Crippen molar-refractivity contribution in [1.82, 2.24) is 0 Å². The summed E-state index contributed by atoms with van der Waals surface area (Å²) in [5.74, 6) is -3.93. The Morgan fingerprint density at radius 3 is 2.32 bits per heavy atom. The number of benzene rings is 2. The van der Waals surface area contributed by atoms with Gasteiger partial charge in [0.05, 0.1) is 4.92 Å². The van der Waals surface area contributed by atoms with Crippen molar-refractivity contribution in [3.63, 3.8) is 0 Å². The van der Waals surface area contributed by atoms with Gasteiger partial charge >= 0.3 is 12.0 Å². The van der Waals surface area contributed by atoms with Gasteiger partial charge in [-0.25, -0.2) is 4.39 Å². The van der Waals surface area contributed by atoms with Crippen LogP contribution in [0.25, 0.3) is 11.1 Å². The molecule has 2 rings (SSSR count). The van der Waals surface area contributed by atoms with Gasteiger partial charge in [-0.1, -0.05) is 18.2 Å². The molecule has 0 aliphatic carbocycles. The topological polar surface area (TPSA) is 52.4 Å². The molecule has 0 heterocycles. The highest BCUT2D eigenvalue weighted by molar-refractivity contribution is 5.72. The van der Waals surface area contributed by atoms with Gasteiger partial charge in [0.15, 0.2) is 5.82 Å². The van der Waals surface area contributed by atoms with Gasteiger partial charge < -0.3 is 4.74 Å². The molecule has 0 N–H and O–H groups in total. The Hall–Kier alpha value is -2.71. The number of ether oxygens (including phenoxy) is 1. The molecule has 0 radical (unpaired) electrons. The fraction of sp³-hybridized carbons (Fsp3) is 0.0769. The predicted octanol–water partition coefficient (Wildman–Crippen LogP) is 4.44. The quantitative estimate of drug-likeness (QED) is 0.477.